The van der Waals surface area contributed by atoms with Crippen molar-refractivity contribution in [3.63, 3.8) is 0 Å². The van der Waals surface area contributed by atoms with Gasteiger partial charge in [-0.1, -0.05) is 19.8 Å². The van der Waals surface area contributed by atoms with Crippen LogP contribution in [0.25, 0.3) is 0 Å². The average molecular weight is 279 g/mol. The molecule has 1 aliphatic carbocycles. The van der Waals surface area contributed by atoms with Crippen molar-refractivity contribution in [3.8, 4) is 0 Å². The number of nitrogens with one attached hydrogen (secondary N) is 1. The minimum atomic E-state index is -0.716. The van der Waals surface area contributed by atoms with Crippen molar-refractivity contribution in [2.24, 2.45) is 5.92 Å². The predicted molar refractivity (Wildman–Crippen MR) is 78.6 cm³/mol. The summed E-state index contributed by atoms with van der Waals surface area (Å²) in [5.41, 5.74) is 6.00. The second-order valence-electron chi connectivity index (χ2n) is 5.81. The summed E-state index contributed by atoms with van der Waals surface area (Å²) in [7, 11) is 0. The highest BCUT2D eigenvalue weighted by atomic mass is 16.6. The molecule has 2 rings (SSSR count). The van der Waals surface area contributed by atoms with E-state index in [1.807, 2.05) is 0 Å². The molecule has 1 aromatic carbocycles. The SMILES string of the molecule is CC1CCCC(O)(CNc2ccc([N+](=O)[O-])cc2N)C1. The zero-order valence-electron chi connectivity index (χ0n) is 11.6. The van der Waals surface area contributed by atoms with Gasteiger partial charge >= 0.3 is 0 Å². The maximum absolute atomic E-state index is 10.6. The Labute approximate surface area is 118 Å². The Morgan fingerprint density at radius 3 is 2.95 bits per heavy atom. The van der Waals surface area contributed by atoms with Crippen LogP contribution < -0.4 is 11.1 Å². The minimum Gasteiger partial charge on any atom is -0.397 e. The zero-order valence-corrected chi connectivity index (χ0v) is 11.6. The Bertz CT molecular complexity index is 506. The van der Waals surface area contributed by atoms with E-state index in [1.54, 1.807) is 6.07 Å². The van der Waals surface area contributed by atoms with Gasteiger partial charge in [0.25, 0.3) is 5.69 Å². The largest absolute Gasteiger partial charge is 0.397 e. The molecular formula is C14H21N3O3. The van der Waals surface area contributed by atoms with Crippen LogP contribution in [-0.2, 0) is 0 Å². The Balaban J connectivity index is 2.02. The number of nitrogen functional groups attached to an aromatic ring is 1. The fourth-order valence-electron chi connectivity index (χ4n) is 2.88. The number of hydrogen-bond donors (Lipinski definition) is 3. The second kappa shape index (κ2) is 5.66. The number of nitrogens with two attached hydrogens (primary N) is 1. The van der Waals surface area contributed by atoms with Gasteiger partial charge in [0, 0.05) is 18.7 Å². The Morgan fingerprint density at radius 2 is 2.35 bits per heavy atom. The highest BCUT2D eigenvalue weighted by molar-refractivity contribution is 5.69. The van der Waals surface area contributed by atoms with Crippen LogP contribution in [-0.4, -0.2) is 22.2 Å². The van der Waals surface area contributed by atoms with Crippen molar-refractivity contribution < 1.29 is 10.0 Å². The van der Waals surface area contributed by atoms with E-state index in [4.69, 9.17) is 5.73 Å². The van der Waals surface area contributed by atoms with Gasteiger partial charge in [0.1, 0.15) is 0 Å². The van der Waals surface area contributed by atoms with Gasteiger partial charge in [-0.3, -0.25) is 10.1 Å². The Kier molecular flexibility index (Phi) is 4.13. The maximum Gasteiger partial charge on any atom is 0.271 e. The first-order valence-electron chi connectivity index (χ1n) is 6.90. The predicted octanol–water partition coefficient (Wildman–Crippen LogP) is 2.53. The molecule has 0 spiro atoms. The number of benzene rings is 1. The highest BCUT2D eigenvalue weighted by Gasteiger charge is 2.32. The van der Waals surface area contributed by atoms with Crippen LogP contribution in [0.3, 0.4) is 0 Å². The van der Waals surface area contributed by atoms with Crippen molar-refractivity contribution >= 4 is 17.1 Å². The van der Waals surface area contributed by atoms with Gasteiger partial charge in [-0.2, -0.15) is 0 Å². The van der Waals surface area contributed by atoms with E-state index in [0.717, 1.165) is 25.7 Å². The lowest BCUT2D eigenvalue weighted by molar-refractivity contribution is -0.384. The van der Waals surface area contributed by atoms with Crippen molar-refractivity contribution in [1.82, 2.24) is 0 Å². The summed E-state index contributed by atoms with van der Waals surface area (Å²) in [6.07, 6.45) is 3.72. The molecule has 0 saturated heterocycles. The summed E-state index contributed by atoms with van der Waals surface area (Å²) in [5.74, 6) is 0.518. The molecule has 4 N–H and O–H groups in total. The molecule has 1 fully saturated rings. The molecule has 2 atom stereocenters. The van der Waals surface area contributed by atoms with E-state index in [2.05, 4.69) is 12.2 Å². The first kappa shape index (κ1) is 14.6. The lowest BCUT2D eigenvalue weighted by Gasteiger charge is -2.36. The topological polar surface area (TPSA) is 101 Å². The third kappa shape index (κ3) is 3.39. The van der Waals surface area contributed by atoms with Gasteiger partial charge in [-0.15, -0.1) is 0 Å². The molecule has 6 heteroatoms. The Morgan fingerprint density at radius 1 is 1.60 bits per heavy atom. The second-order valence-corrected chi connectivity index (χ2v) is 5.81. The molecule has 1 saturated carbocycles. The van der Waals surface area contributed by atoms with Gasteiger partial charge in [-0.05, 0) is 24.8 Å². The number of rotatable bonds is 4. The molecule has 20 heavy (non-hydrogen) atoms. The van der Waals surface area contributed by atoms with Crippen molar-refractivity contribution in [2.45, 2.75) is 38.2 Å². The van der Waals surface area contributed by atoms with Crippen LogP contribution in [0.4, 0.5) is 17.1 Å². The number of nitrogens with zero attached hydrogens (tertiary/aromatic N) is 1. The summed E-state index contributed by atoms with van der Waals surface area (Å²) in [6.45, 7) is 2.56. The van der Waals surface area contributed by atoms with E-state index in [0.29, 0.717) is 23.8 Å². The first-order valence-corrected chi connectivity index (χ1v) is 6.90. The molecule has 0 heterocycles. The third-order valence-electron chi connectivity index (χ3n) is 3.92. The summed E-state index contributed by atoms with van der Waals surface area (Å²) < 4.78 is 0. The van der Waals surface area contributed by atoms with Crippen LogP contribution in [0.5, 0.6) is 0 Å². The molecule has 6 nitrogen and oxygen atoms in total. The van der Waals surface area contributed by atoms with Gasteiger partial charge in [0.2, 0.25) is 0 Å². The van der Waals surface area contributed by atoms with Gasteiger partial charge in [0.05, 0.1) is 21.9 Å². The van der Waals surface area contributed by atoms with E-state index in [-0.39, 0.29) is 5.69 Å². The summed E-state index contributed by atoms with van der Waals surface area (Å²) in [4.78, 5) is 10.2. The van der Waals surface area contributed by atoms with Gasteiger partial charge in [0.15, 0.2) is 0 Å². The fraction of sp³-hybridized carbons (Fsp3) is 0.571. The molecule has 0 radical (unpaired) electrons. The van der Waals surface area contributed by atoms with Crippen LogP contribution in [0.2, 0.25) is 0 Å². The van der Waals surface area contributed by atoms with E-state index >= 15 is 0 Å². The number of anilines is 2. The first-order chi connectivity index (χ1) is 9.39. The van der Waals surface area contributed by atoms with Crippen LogP contribution in [0, 0.1) is 16.0 Å². The summed E-state index contributed by atoms with van der Waals surface area (Å²) >= 11 is 0. The van der Waals surface area contributed by atoms with Crippen LogP contribution >= 0.6 is 0 Å². The molecule has 0 aliphatic heterocycles. The normalized spacial score (nSPS) is 26.2. The molecule has 1 aromatic rings. The zero-order chi connectivity index (χ0) is 14.8. The molecule has 0 aromatic heterocycles. The number of hydrogen-bond acceptors (Lipinski definition) is 5. The summed E-state index contributed by atoms with van der Waals surface area (Å²) in [6, 6.07) is 4.32. The van der Waals surface area contributed by atoms with Crippen LogP contribution in [0.15, 0.2) is 18.2 Å². The van der Waals surface area contributed by atoms with Gasteiger partial charge < -0.3 is 16.2 Å². The summed E-state index contributed by atoms with van der Waals surface area (Å²) in [5, 5.41) is 24.3. The van der Waals surface area contributed by atoms with Crippen molar-refractivity contribution in [3.05, 3.63) is 28.3 Å². The quantitative estimate of drug-likeness (QED) is 0.446. The van der Waals surface area contributed by atoms with E-state index in [9.17, 15) is 15.2 Å². The lowest BCUT2D eigenvalue weighted by Crippen LogP contribution is -2.41. The van der Waals surface area contributed by atoms with E-state index < -0.39 is 10.5 Å². The number of nitro benzene ring substituents is 1. The maximum atomic E-state index is 10.6. The number of non-ortho nitro benzene ring substituents is 1. The molecule has 0 bridgehead atoms. The van der Waals surface area contributed by atoms with Gasteiger partial charge in [-0.25, -0.2) is 0 Å². The monoisotopic (exact) mass is 279 g/mol. The average Bonchev–Trinajstić information content (AvgIpc) is 2.36. The standard InChI is InChI=1S/C14H21N3O3/c1-10-3-2-6-14(18,8-10)9-16-13-5-4-11(17(19)20)7-12(13)15/h4-5,7,10,16,18H,2-3,6,8-9,15H2,1H3. The minimum absolute atomic E-state index is 0.0296. The number of aliphatic hydroxyl groups is 1. The highest BCUT2D eigenvalue weighted by Crippen LogP contribution is 2.33. The molecule has 1 aliphatic rings. The fourth-order valence-corrected chi connectivity index (χ4v) is 2.88. The molecule has 0 amide bonds. The Hall–Kier alpha value is -1.82. The number of nitro groups is 1. The molecule has 110 valence electrons. The molecular weight excluding hydrogens is 258 g/mol. The van der Waals surface area contributed by atoms with Crippen molar-refractivity contribution in [1.29, 1.82) is 0 Å². The molecule has 2 unspecified atom stereocenters. The van der Waals surface area contributed by atoms with Crippen molar-refractivity contribution in [2.75, 3.05) is 17.6 Å². The smallest absolute Gasteiger partial charge is 0.271 e. The van der Waals surface area contributed by atoms with Crippen LogP contribution in [0.1, 0.15) is 32.6 Å². The van der Waals surface area contributed by atoms with E-state index in [1.165, 1.54) is 12.1 Å². The third-order valence-corrected chi connectivity index (χ3v) is 3.92. The lowest BCUT2D eigenvalue weighted by atomic mass is 9.79.